The Kier molecular flexibility index (Phi) is 9.56. The van der Waals surface area contributed by atoms with Gasteiger partial charge in [0, 0.05) is 12.7 Å². The molecule has 0 aliphatic carbocycles. The van der Waals surface area contributed by atoms with Gasteiger partial charge < -0.3 is 28.8 Å². The van der Waals surface area contributed by atoms with Crippen LogP contribution in [0.1, 0.15) is 5.56 Å². The summed E-state index contributed by atoms with van der Waals surface area (Å²) in [7, 11) is 3.22. The lowest BCUT2D eigenvalue weighted by molar-refractivity contribution is 0.0178. The highest BCUT2D eigenvalue weighted by atomic mass is 16.6. The van der Waals surface area contributed by atoms with Crippen molar-refractivity contribution >= 4 is 0 Å². The molecule has 21 heavy (non-hydrogen) atoms. The van der Waals surface area contributed by atoms with Gasteiger partial charge in [-0.25, -0.2) is 0 Å². The summed E-state index contributed by atoms with van der Waals surface area (Å²) in [6, 6.07) is 5.32. The fourth-order valence-electron chi connectivity index (χ4n) is 1.62. The minimum absolute atomic E-state index is 0.0965. The van der Waals surface area contributed by atoms with Crippen LogP contribution in [0.5, 0.6) is 11.5 Å². The van der Waals surface area contributed by atoms with Gasteiger partial charge in [0.05, 0.1) is 46.8 Å². The summed E-state index contributed by atoms with van der Waals surface area (Å²) < 4.78 is 26.2. The second-order valence-electron chi connectivity index (χ2n) is 4.20. The van der Waals surface area contributed by atoms with Gasteiger partial charge in [-0.1, -0.05) is 0 Å². The second kappa shape index (κ2) is 11.3. The Morgan fingerprint density at radius 1 is 0.905 bits per heavy atom. The van der Waals surface area contributed by atoms with E-state index in [9.17, 15) is 5.11 Å². The van der Waals surface area contributed by atoms with Gasteiger partial charge >= 0.3 is 0 Å². The molecule has 0 aliphatic heterocycles. The Hall–Kier alpha value is -1.34. The molecular formula is C15H24O6. The predicted octanol–water partition coefficient (Wildman–Crippen LogP) is 1.25. The molecule has 0 fully saturated rings. The summed E-state index contributed by atoms with van der Waals surface area (Å²) in [5, 5.41) is 9.29. The van der Waals surface area contributed by atoms with Crippen LogP contribution < -0.4 is 9.47 Å². The fourth-order valence-corrected chi connectivity index (χ4v) is 1.62. The van der Waals surface area contributed by atoms with Crippen LogP contribution in [0, 0.1) is 0 Å². The first-order chi connectivity index (χ1) is 10.3. The van der Waals surface area contributed by atoms with Gasteiger partial charge in [-0.2, -0.15) is 0 Å². The summed E-state index contributed by atoms with van der Waals surface area (Å²) in [6.07, 6.45) is 0. The molecule has 1 N–H and O–H groups in total. The lowest BCUT2D eigenvalue weighted by Crippen LogP contribution is -2.12. The van der Waals surface area contributed by atoms with Gasteiger partial charge in [0.2, 0.25) is 0 Å². The highest BCUT2D eigenvalue weighted by molar-refractivity contribution is 5.39. The molecule has 0 amide bonds. The first kappa shape index (κ1) is 17.7. The number of aliphatic hydroxyl groups excluding tert-OH is 1. The smallest absolute Gasteiger partial charge is 0.125 e. The molecule has 0 unspecified atom stereocenters. The van der Waals surface area contributed by atoms with E-state index in [2.05, 4.69) is 0 Å². The zero-order valence-electron chi connectivity index (χ0n) is 12.7. The lowest BCUT2D eigenvalue weighted by atomic mass is 10.2. The van der Waals surface area contributed by atoms with E-state index in [1.165, 1.54) is 0 Å². The average molecular weight is 300 g/mol. The maximum Gasteiger partial charge on any atom is 0.125 e. The van der Waals surface area contributed by atoms with Crippen LogP contribution in [0.25, 0.3) is 0 Å². The molecule has 6 heteroatoms. The second-order valence-corrected chi connectivity index (χ2v) is 4.20. The van der Waals surface area contributed by atoms with Crippen LogP contribution >= 0.6 is 0 Å². The van der Waals surface area contributed by atoms with Crippen LogP contribution in [-0.2, 0) is 20.8 Å². The number of methoxy groups -OCH3 is 2. The number of aliphatic hydroxyl groups is 1. The topological polar surface area (TPSA) is 66.4 Å². The largest absolute Gasteiger partial charge is 0.497 e. The van der Waals surface area contributed by atoms with E-state index in [1.807, 2.05) is 0 Å². The van der Waals surface area contributed by atoms with Crippen LogP contribution in [0.4, 0.5) is 0 Å². The third-order valence-electron chi connectivity index (χ3n) is 2.73. The van der Waals surface area contributed by atoms with Crippen molar-refractivity contribution in [1.29, 1.82) is 0 Å². The first-order valence-electron chi connectivity index (χ1n) is 6.86. The number of ether oxygens (including phenoxy) is 5. The summed E-state index contributed by atoms with van der Waals surface area (Å²) in [5.41, 5.74) is 0.692. The van der Waals surface area contributed by atoms with Crippen LogP contribution in [-0.4, -0.2) is 59.0 Å². The van der Waals surface area contributed by atoms with Crippen molar-refractivity contribution in [1.82, 2.24) is 0 Å². The Morgan fingerprint density at radius 2 is 1.57 bits per heavy atom. The molecule has 0 bridgehead atoms. The van der Waals surface area contributed by atoms with Crippen molar-refractivity contribution < 1.29 is 28.8 Å². The van der Waals surface area contributed by atoms with Crippen molar-refractivity contribution in [3.8, 4) is 11.5 Å². The van der Waals surface area contributed by atoms with Crippen LogP contribution in [0.2, 0.25) is 0 Å². The average Bonchev–Trinajstić information content (AvgIpc) is 2.53. The van der Waals surface area contributed by atoms with Crippen molar-refractivity contribution in [3.63, 3.8) is 0 Å². The molecule has 0 aromatic heterocycles. The quantitative estimate of drug-likeness (QED) is 0.586. The monoisotopic (exact) mass is 300 g/mol. The standard InChI is InChI=1S/C15H24O6/c1-17-5-6-19-7-8-20-9-10-21-15-4-3-14(18-2)11-13(15)12-16/h3-4,11,16H,5-10,12H2,1-2H3. The van der Waals surface area contributed by atoms with Crippen LogP contribution in [0.3, 0.4) is 0 Å². The van der Waals surface area contributed by atoms with E-state index in [0.717, 1.165) is 0 Å². The van der Waals surface area contributed by atoms with Gasteiger partial charge in [0.15, 0.2) is 0 Å². The van der Waals surface area contributed by atoms with E-state index in [1.54, 1.807) is 32.4 Å². The predicted molar refractivity (Wildman–Crippen MR) is 77.9 cm³/mol. The summed E-state index contributed by atoms with van der Waals surface area (Å²) >= 11 is 0. The molecule has 1 aromatic carbocycles. The zero-order valence-corrected chi connectivity index (χ0v) is 12.7. The number of benzene rings is 1. The van der Waals surface area contributed by atoms with E-state index in [4.69, 9.17) is 23.7 Å². The fraction of sp³-hybridized carbons (Fsp3) is 0.600. The van der Waals surface area contributed by atoms with Crippen molar-refractivity contribution in [2.75, 3.05) is 53.9 Å². The minimum Gasteiger partial charge on any atom is -0.497 e. The normalized spacial score (nSPS) is 10.6. The van der Waals surface area contributed by atoms with Gasteiger partial charge in [-0.05, 0) is 18.2 Å². The molecule has 1 aromatic rings. The molecular weight excluding hydrogens is 276 g/mol. The van der Waals surface area contributed by atoms with E-state index >= 15 is 0 Å². The van der Waals surface area contributed by atoms with E-state index < -0.39 is 0 Å². The maximum atomic E-state index is 9.29. The number of hydrogen-bond donors (Lipinski definition) is 1. The molecule has 0 heterocycles. The highest BCUT2D eigenvalue weighted by Crippen LogP contribution is 2.24. The molecule has 0 radical (unpaired) electrons. The van der Waals surface area contributed by atoms with Gasteiger partial charge in [0.25, 0.3) is 0 Å². The molecule has 0 saturated carbocycles. The summed E-state index contributed by atoms with van der Waals surface area (Å²) in [6.45, 7) is 2.99. The molecule has 1 rings (SSSR count). The molecule has 0 spiro atoms. The van der Waals surface area contributed by atoms with Gasteiger partial charge in [-0.15, -0.1) is 0 Å². The van der Waals surface area contributed by atoms with E-state index in [-0.39, 0.29) is 6.61 Å². The van der Waals surface area contributed by atoms with Crippen molar-refractivity contribution in [2.24, 2.45) is 0 Å². The number of hydrogen-bond acceptors (Lipinski definition) is 6. The van der Waals surface area contributed by atoms with Gasteiger partial charge in [0.1, 0.15) is 18.1 Å². The third kappa shape index (κ3) is 7.29. The SMILES string of the molecule is COCCOCCOCCOc1ccc(OC)cc1CO. The zero-order chi connectivity index (χ0) is 15.3. The Balaban J connectivity index is 2.15. The molecule has 0 atom stereocenters. The van der Waals surface area contributed by atoms with Crippen molar-refractivity contribution in [3.05, 3.63) is 23.8 Å². The van der Waals surface area contributed by atoms with E-state index in [0.29, 0.717) is 56.7 Å². The number of rotatable bonds is 12. The Morgan fingerprint density at radius 3 is 2.19 bits per heavy atom. The van der Waals surface area contributed by atoms with Gasteiger partial charge in [-0.3, -0.25) is 0 Å². The third-order valence-corrected chi connectivity index (χ3v) is 2.73. The first-order valence-corrected chi connectivity index (χ1v) is 6.86. The van der Waals surface area contributed by atoms with Crippen molar-refractivity contribution in [2.45, 2.75) is 6.61 Å². The maximum absolute atomic E-state index is 9.29. The molecule has 120 valence electrons. The molecule has 6 nitrogen and oxygen atoms in total. The minimum atomic E-state index is -0.0965. The Bertz CT molecular complexity index is 382. The molecule has 0 aliphatic rings. The summed E-state index contributed by atoms with van der Waals surface area (Å²) in [4.78, 5) is 0. The Labute approximate surface area is 125 Å². The molecule has 0 saturated heterocycles. The lowest BCUT2D eigenvalue weighted by Gasteiger charge is -2.11. The highest BCUT2D eigenvalue weighted by Gasteiger charge is 2.04. The summed E-state index contributed by atoms with van der Waals surface area (Å²) in [5.74, 6) is 1.33. The van der Waals surface area contributed by atoms with Crippen LogP contribution in [0.15, 0.2) is 18.2 Å².